The quantitative estimate of drug-likeness (QED) is 0.608. The zero-order valence-electron chi connectivity index (χ0n) is 19.3. The van der Waals surface area contributed by atoms with Crippen LogP contribution in [0.5, 0.6) is 0 Å². The number of ether oxygens (including phenoxy) is 1. The summed E-state index contributed by atoms with van der Waals surface area (Å²) in [5.74, 6) is -0.429. The fraction of sp³-hybridized carbons (Fsp3) is 0.333. The molecule has 2 unspecified atom stereocenters. The largest absolute Gasteiger partial charge is 0.372 e. The standard InChI is InChI=1S/C27H29N3O3/c1-17-8-10-20(11-9-17)24-25(29-15-18(2)33-19(3)16-29)27(32)30(26(24)31)13-12-21-14-28-23-7-5-4-6-22(21)23/h4-11,14,18-19,28H,12-13,15-16H2,1-3H3. The molecule has 2 aliphatic heterocycles. The minimum Gasteiger partial charge on any atom is -0.372 e. The second kappa shape index (κ2) is 8.52. The predicted octanol–water partition coefficient (Wildman–Crippen LogP) is 3.91. The van der Waals surface area contributed by atoms with Crippen molar-refractivity contribution >= 4 is 28.3 Å². The van der Waals surface area contributed by atoms with Crippen LogP contribution in [0.4, 0.5) is 0 Å². The van der Waals surface area contributed by atoms with Crippen LogP contribution < -0.4 is 0 Å². The van der Waals surface area contributed by atoms with E-state index in [1.807, 2.05) is 74.3 Å². The van der Waals surface area contributed by atoms with E-state index in [-0.39, 0.29) is 24.0 Å². The average molecular weight is 444 g/mol. The van der Waals surface area contributed by atoms with E-state index in [1.165, 1.54) is 4.90 Å². The zero-order valence-corrected chi connectivity index (χ0v) is 19.3. The van der Waals surface area contributed by atoms with Gasteiger partial charge in [-0.3, -0.25) is 14.5 Å². The Bertz CT molecular complexity index is 1230. The maximum absolute atomic E-state index is 13.7. The third kappa shape index (κ3) is 3.95. The average Bonchev–Trinajstić information content (AvgIpc) is 3.30. The molecule has 0 bridgehead atoms. The molecule has 3 aromatic rings. The fourth-order valence-corrected chi connectivity index (χ4v) is 4.97. The summed E-state index contributed by atoms with van der Waals surface area (Å²) in [6.45, 7) is 7.54. The van der Waals surface area contributed by atoms with Crippen molar-refractivity contribution < 1.29 is 14.3 Å². The Balaban J connectivity index is 1.47. The van der Waals surface area contributed by atoms with Crippen LogP contribution in [0, 0.1) is 6.92 Å². The Hall–Kier alpha value is -3.38. The van der Waals surface area contributed by atoms with Gasteiger partial charge in [-0.1, -0.05) is 48.0 Å². The summed E-state index contributed by atoms with van der Waals surface area (Å²) < 4.78 is 5.88. The van der Waals surface area contributed by atoms with Gasteiger partial charge in [0.15, 0.2) is 0 Å². The number of morpholine rings is 1. The maximum atomic E-state index is 13.7. The van der Waals surface area contributed by atoms with Crippen molar-refractivity contribution in [1.29, 1.82) is 0 Å². The van der Waals surface area contributed by atoms with Gasteiger partial charge in [-0.2, -0.15) is 0 Å². The van der Waals surface area contributed by atoms with Gasteiger partial charge in [-0.25, -0.2) is 0 Å². The molecular weight excluding hydrogens is 414 g/mol. The van der Waals surface area contributed by atoms with Crippen LogP contribution in [0.2, 0.25) is 0 Å². The number of carbonyl (C=O) groups excluding carboxylic acids is 2. The molecule has 0 saturated carbocycles. The highest BCUT2D eigenvalue weighted by molar-refractivity contribution is 6.35. The van der Waals surface area contributed by atoms with E-state index in [4.69, 9.17) is 4.74 Å². The molecule has 2 aliphatic rings. The van der Waals surface area contributed by atoms with Crippen molar-refractivity contribution in [2.75, 3.05) is 19.6 Å². The van der Waals surface area contributed by atoms with Gasteiger partial charge in [0, 0.05) is 36.7 Å². The summed E-state index contributed by atoms with van der Waals surface area (Å²) in [7, 11) is 0. The van der Waals surface area contributed by atoms with Gasteiger partial charge in [0.25, 0.3) is 11.8 Å². The van der Waals surface area contributed by atoms with Gasteiger partial charge in [0.1, 0.15) is 5.70 Å². The molecule has 170 valence electrons. The molecule has 2 amide bonds. The van der Waals surface area contributed by atoms with Gasteiger partial charge < -0.3 is 14.6 Å². The molecule has 6 nitrogen and oxygen atoms in total. The summed E-state index contributed by atoms with van der Waals surface area (Å²) in [6, 6.07) is 15.9. The van der Waals surface area contributed by atoms with E-state index in [9.17, 15) is 9.59 Å². The highest BCUT2D eigenvalue weighted by Gasteiger charge is 2.42. The minimum atomic E-state index is -0.217. The van der Waals surface area contributed by atoms with Gasteiger partial charge in [0.05, 0.1) is 17.8 Å². The number of aromatic amines is 1. The number of hydrogen-bond donors (Lipinski definition) is 1. The molecule has 2 aromatic carbocycles. The number of hydrogen-bond acceptors (Lipinski definition) is 4. The lowest BCUT2D eigenvalue weighted by Gasteiger charge is -2.37. The number of amides is 2. The first-order chi connectivity index (χ1) is 15.9. The molecule has 1 N–H and O–H groups in total. The fourth-order valence-electron chi connectivity index (χ4n) is 4.97. The lowest BCUT2D eigenvalue weighted by molar-refractivity contribution is -0.138. The number of nitrogens with one attached hydrogen (secondary N) is 1. The summed E-state index contributed by atoms with van der Waals surface area (Å²) in [4.78, 5) is 34.0. The molecule has 1 aromatic heterocycles. The van der Waals surface area contributed by atoms with Crippen LogP contribution >= 0.6 is 0 Å². The van der Waals surface area contributed by atoms with E-state index >= 15 is 0 Å². The molecule has 33 heavy (non-hydrogen) atoms. The van der Waals surface area contributed by atoms with E-state index < -0.39 is 0 Å². The molecule has 1 fully saturated rings. The predicted molar refractivity (Wildman–Crippen MR) is 128 cm³/mol. The smallest absolute Gasteiger partial charge is 0.277 e. The summed E-state index contributed by atoms with van der Waals surface area (Å²) in [5.41, 5.74) is 5.06. The highest BCUT2D eigenvalue weighted by Crippen LogP contribution is 2.33. The van der Waals surface area contributed by atoms with Crippen molar-refractivity contribution in [1.82, 2.24) is 14.8 Å². The summed E-state index contributed by atoms with van der Waals surface area (Å²) in [5, 5.41) is 1.12. The van der Waals surface area contributed by atoms with E-state index in [0.717, 1.165) is 27.6 Å². The van der Waals surface area contributed by atoms with Crippen molar-refractivity contribution in [3.8, 4) is 0 Å². The molecule has 1 saturated heterocycles. The number of carbonyl (C=O) groups is 2. The van der Waals surface area contributed by atoms with Crippen LogP contribution in [-0.2, 0) is 20.7 Å². The topological polar surface area (TPSA) is 65.6 Å². The van der Waals surface area contributed by atoms with Crippen LogP contribution in [0.25, 0.3) is 16.5 Å². The van der Waals surface area contributed by atoms with Crippen LogP contribution in [0.1, 0.15) is 30.5 Å². The molecule has 5 rings (SSSR count). The zero-order chi connectivity index (χ0) is 23.1. The van der Waals surface area contributed by atoms with Gasteiger partial charge in [-0.05, 0) is 44.4 Å². The SMILES string of the molecule is Cc1ccc(C2=C(N3CC(C)OC(C)C3)C(=O)N(CCc3c[nH]c4ccccc34)C2=O)cc1. The maximum Gasteiger partial charge on any atom is 0.277 e. The number of aryl methyl sites for hydroxylation is 1. The first-order valence-electron chi connectivity index (χ1n) is 11.5. The number of nitrogens with zero attached hydrogens (tertiary/aromatic N) is 2. The second-order valence-corrected chi connectivity index (χ2v) is 9.12. The number of imide groups is 1. The van der Waals surface area contributed by atoms with Crippen LogP contribution in [0.15, 0.2) is 60.4 Å². The molecule has 2 atom stereocenters. The Kier molecular flexibility index (Phi) is 5.54. The number of para-hydroxylation sites is 1. The van der Waals surface area contributed by atoms with Gasteiger partial charge in [0.2, 0.25) is 0 Å². The molecule has 0 radical (unpaired) electrons. The monoisotopic (exact) mass is 443 g/mol. The van der Waals surface area contributed by atoms with E-state index in [1.54, 1.807) is 0 Å². The lowest BCUT2D eigenvalue weighted by Crippen LogP contribution is -2.47. The first kappa shape index (κ1) is 21.5. The Labute approximate surface area is 193 Å². The second-order valence-electron chi connectivity index (χ2n) is 9.12. The Morgan fingerprint density at radius 3 is 2.39 bits per heavy atom. The number of rotatable bonds is 5. The van der Waals surface area contributed by atoms with Crippen molar-refractivity contribution in [3.63, 3.8) is 0 Å². The van der Waals surface area contributed by atoms with Crippen molar-refractivity contribution in [3.05, 3.63) is 77.1 Å². The van der Waals surface area contributed by atoms with Crippen LogP contribution in [-0.4, -0.2) is 58.4 Å². The Morgan fingerprint density at radius 1 is 0.970 bits per heavy atom. The van der Waals surface area contributed by atoms with Crippen molar-refractivity contribution in [2.45, 2.75) is 39.4 Å². The normalized spacial score (nSPS) is 21.5. The minimum absolute atomic E-state index is 0.0105. The Morgan fingerprint density at radius 2 is 1.67 bits per heavy atom. The third-order valence-corrected chi connectivity index (χ3v) is 6.50. The molecule has 3 heterocycles. The number of benzene rings is 2. The third-order valence-electron chi connectivity index (χ3n) is 6.50. The molecular formula is C27H29N3O3. The number of H-pyrrole nitrogens is 1. The lowest BCUT2D eigenvalue weighted by atomic mass is 10.0. The summed E-state index contributed by atoms with van der Waals surface area (Å²) in [6.07, 6.45) is 2.55. The molecule has 0 spiro atoms. The van der Waals surface area contributed by atoms with Crippen molar-refractivity contribution in [2.24, 2.45) is 0 Å². The van der Waals surface area contributed by atoms with E-state index in [0.29, 0.717) is 37.3 Å². The van der Waals surface area contributed by atoms with Gasteiger partial charge >= 0.3 is 0 Å². The van der Waals surface area contributed by atoms with Gasteiger partial charge in [-0.15, -0.1) is 0 Å². The number of fused-ring (bicyclic) bond motifs is 1. The highest BCUT2D eigenvalue weighted by atomic mass is 16.5. The number of aromatic nitrogens is 1. The summed E-state index contributed by atoms with van der Waals surface area (Å²) >= 11 is 0. The molecule has 6 heteroatoms. The van der Waals surface area contributed by atoms with Crippen LogP contribution in [0.3, 0.4) is 0 Å². The van der Waals surface area contributed by atoms with E-state index in [2.05, 4.69) is 11.1 Å². The first-order valence-corrected chi connectivity index (χ1v) is 11.5. The molecule has 0 aliphatic carbocycles.